The van der Waals surface area contributed by atoms with Crippen LogP contribution in [0.5, 0.6) is 0 Å². The van der Waals surface area contributed by atoms with E-state index in [0.717, 1.165) is 13.0 Å². The van der Waals surface area contributed by atoms with E-state index in [2.05, 4.69) is 0 Å². The zero-order valence-electron chi connectivity index (χ0n) is 7.79. The van der Waals surface area contributed by atoms with Crippen LogP contribution in [0, 0.1) is 0 Å². The first-order valence-corrected chi connectivity index (χ1v) is 4.27. The highest BCUT2D eigenvalue weighted by Crippen LogP contribution is 1.98. The molecule has 0 bridgehead atoms. The summed E-state index contributed by atoms with van der Waals surface area (Å²) in [6.07, 6.45) is 0.956. The van der Waals surface area contributed by atoms with E-state index in [4.69, 9.17) is 10.8 Å². The molecule has 0 aliphatic heterocycles. The molecular weight excluding hydrogens is 156 g/mol. The molecule has 1 atom stereocenters. The fourth-order valence-electron chi connectivity index (χ4n) is 1.09. The third-order valence-corrected chi connectivity index (χ3v) is 1.86. The van der Waals surface area contributed by atoms with Gasteiger partial charge in [-0.15, -0.1) is 0 Å². The van der Waals surface area contributed by atoms with Crippen LogP contribution in [0.15, 0.2) is 0 Å². The summed E-state index contributed by atoms with van der Waals surface area (Å²) in [4.78, 5) is 12.7. The van der Waals surface area contributed by atoms with E-state index >= 15 is 0 Å². The molecule has 4 heteroatoms. The first kappa shape index (κ1) is 11.4. The SMILES string of the molecule is CCCN(CCO)C(C)C(N)=O. The van der Waals surface area contributed by atoms with E-state index in [1.807, 2.05) is 11.8 Å². The average Bonchev–Trinajstić information content (AvgIpc) is 2.03. The number of rotatable bonds is 6. The predicted molar refractivity (Wildman–Crippen MR) is 47.6 cm³/mol. The average molecular weight is 174 g/mol. The maximum Gasteiger partial charge on any atom is 0.234 e. The topological polar surface area (TPSA) is 66.6 Å². The second-order valence-electron chi connectivity index (χ2n) is 2.84. The van der Waals surface area contributed by atoms with Gasteiger partial charge in [0.15, 0.2) is 0 Å². The lowest BCUT2D eigenvalue weighted by molar-refractivity contribution is -0.122. The Morgan fingerprint density at radius 1 is 1.58 bits per heavy atom. The van der Waals surface area contributed by atoms with E-state index in [9.17, 15) is 4.79 Å². The summed E-state index contributed by atoms with van der Waals surface area (Å²) in [6.45, 7) is 5.16. The molecule has 1 unspecified atom stereocenters. The van der Waals surface area contributed by atoms with Gasteiger partial charge in [-0.2, -0.15) is 0 Å². The number of nitrogens with two attached hydrogens (primary N) is 1. The van der Waals surface area contributed by atoms with Crippen molar-refractivity contribution in [3.05, 3.63) is 0 Å². The summed E-state index contributed by atoms with van der Waals surface area (Å²) < 4.78 is 0. The maximum atomic E-state index is 10.8. The van der Waals surface area contributed by atoms with Crippen LogP contribution >= 0.6 is 0 Å². The van der Waals surface area contributed by atoms with Crippen molar-refractivity contribution in [1.29, 1.82) is 0 Å². The molecule has 72 valence electrons. The summed E-state index contributed by atoms with van der Waals surface area (Å²) in [5.41, 5.74) is 5.14. The number of nitrogens with zero attached hydrogens (tertiary/aromatic N) is 1. The van der Waals surface area contributed by atoms with Crippen LogP contribution in [0.3, 0.4) is 0 Å². The number of hydrogen-bond donors (Lipinski definition) is 2. The van der Waals surface area contributed by atoms with Gasteiger partial charge in [0.1, 0.15) is 0 Å². The zero-order valence-corrected chi connectivity index (χ0v) is 7.79. The van der Waals surface area contributed by atoms with E-state index in [1.165, 1.54) is 0 Å². The second kappa shape index (κ2) is 5.97. The first-order chi connectivity index (χ1) is 5.63. The molecule has 0 fully saturated rings. The van der Waals surface area contributed by atoms with Crippen molar-refractivity contribution in [1.82, 2.24) is 4.90 Å². The van der Waals surface area contributed by atoms with Gasteiger partial charge in [-0.3, -0.25) is 9.69 Å². The van der Waals surface area contributed by atoms with Gasteiger partial charge in [-0.05, 0) is 19.9 Å². The molecule has 0 aromatic heterocycles. The monoisotopic (exact) mass is 174 g/mol. The Morgan fingerprint density at radius 3 is 2.50 bits per heavy atom. The lowest BCUT2D eigenvalue weighted by Gasteiger charge is -2.25. The van der Waals surface area contributed by atoms with Gasteiger partial charge in [-0.25, -0.2) is 0 Å². The fraction of sp³-hybridized carbons (Fsp3) is 0.875. The van der Waals surface area contributed by atoms with E-state index in [-0.39, 0.29) is 18.6 Å². The molecule has 0 aromatic rings. The maximum absolute atomic E-state index is 10.8. The lowest BCUT2D eigenvalue weighted by Crippen LogP contribution is -2.44. The Balaban J connectivity index is 3.98. The number of primary amides is 1. The molecule has 0 aliphatic carbocycles. The largest absolute Gasteiger partial charge is 0.395 e. The van der Waals surface area contributed by atoms with Gasteiger partial charge in [0, 0.05) is 6.54 Å². The molecule has 0 spiro atoms. The molecule has 0 saturated heterocycles. The van der Waals surface area contributed by atoms with Gasteiger partial charge >= 0.3 is 0 Å². The van der Waals surface area contributed by atoms with Gasteiger partial charge < -0.3 is 10.8 Å². The molecule has 4 nitrogen and oxygen atoms in total. The smallest absolute Gasteiger partial charge is 0.234 e. The third-order valence-electron chi connectivity index (χ3n) is 1.86. The molecule has 0 radical (unpaired) electrons. The van der Waals surface area contributed by atoms with Crippen molar-refractivity contribution in [3.63, 3.8) is 0 Å². The number of carbonyl (C=O) groups is 1. The van der Waals surface area contributed by atoms with Gasteiger partial charge in [-0.1, -0.05) is 6.92 Å². The normalized spacial score (nSPS) is 13.3. The van der Waals surface area contributed by atoms with Gasteiger partial charge in [0.05, 0.1) is 12.6 Å². The molecule has 0 rings (SSSR count). The van der Waals surface area contributed by atoms with Crippen LogP contribution in [-0.2, 0) is 4.79 Å². The Labute approximate surface area is 73.3 Å². The quantitative estimate of drug-likeness (QED) is 0.574. The highest BCUT2D eigenvalue weighted by Gasteiger charge is 2.16. The number of carbonyl (C=O) groups excluding carboxylic acids is 1. The van der Waals surface area contributed by atoms with Crippen LogP contribution in [0.25, 0.3) is 0 Å². The summed E-state index contributed by atoms with van der Waals surface area (Å²) in [5, 5.41) is 8.70. The Bertz CT molecular complexity index is 133. The van der Waals surface area contributed by atoms with E-state index in [0.29, 0.717) is 6.54 Å². The van der Waals surface area contributed by atoms with Crippen LogP contribution in [0.4, 0.5) is 0 Å². The standard InChI is InChI=1S/C8H18N2O2/c1-3-4-10(5-6-11)7(2)8(9)12/h7,11H,3-6H2,1-2H3,(H2,9,12). The molecule has 0 aromatic carbocycles. The van der Waals surface area contributed by atoms with Crippen LogP contribution < -0.4 is 5.73 Å². The van der Waals surface area contributed by atoms with Crippen LogP contribution in [-0.4, -0.2) is 41.7 Å². The van der Waals surface area contributed by atoms with Crippen molar-refractivity contribution in [2.45, 2.75) is 26.3 Å². The van der Waals surface area contributed by atoms with Crippen molar-refractivity contribution >= 4 is 5.91 Å². The molecular formula is C8H18N2O2. The predicted octanol–water partition coefficient (Wildman–Crippen LogP) is -0.435. The second-order valence-corrected chi connectivity index (χ2v) is 2.84. The Hall–Kier alpha value is -0.610. The van der Waals surface area contributed by atoms with Crippen molar-refractivity contribution in [2.24, 2.45) is 5.73 Å². The Morgan fingerprint density at radius 2 is 2.17 bits per heavy atom. The molecule has 0 heterocycles. The molecule has 1 amide bonds. The van der Waals surface area contributed by atoms with Crippen LogP contribution in [0.1, 0.15) is 20.3 Å². The summed E-state index contributed by atoms with van der Waals surface area (Å²) in [7, 11) is 0. The van der Waals surface area contributed by atoms with Gasteiger partial charge in [0.2, 0.25) is 5.91 Å². The number of aliphatic hydroxyl groups is 1. The molecule has 12 heavy (non-hydrogen) atoms. The van der Waals surface area contributed by atoms with Crippen molar-refractivity contribution in [3.8, 4) is 0 Å². The first-order valence-electron chi connectivity index (χ1n) is 4.27. The van der Waals surface area contributed by atoms with Crippen molar-refractivity contribution < 1.29 is 9.90 Å². The summed E-state index contributed by atoms with van der Waals surface area (Å²) in [5.74, 6) is -0.336. The van der Waals surface area contributed by atoms with E-state index < -0.39 is 0 Å². The summed E-state index contributed by atoms with van der Waals surface area (Å²) >= 11 is 0. The third kappa shape index (κ3) is 3.69. The Kier molecular flexibility index (Phi) is 5.66. The highest BCUT2D eigenvalue weighted by atomic mass is 16.3. The molecule has 0 aliphatic rings. The molecule has 3 N–H and O–H groups in total. The van der Waals surface area contributed by atoms with Crippen LogP contribution in [0.2, 0.25) is 0 Å². The fourth-order valence-corrected chi connectivity index (χ4v) is 1.09. The lowest BCUT2D eigenvalue weighted by atomic mass is 10.2. The number of aliphatic hydroxyl groups excluding tert-OH is 1. The number of hydrogen-bond acceptors (Lipinski definition) is 3. The van der Waals surface area contributed by atoms with Crippen molar-refractivity contribution in [2.75, 3.05) is 19.7 Å². The van der Waals surface area contributed by atoms with E-state index in [1.54, 1.807) is 6.92 Å². The van der Waals surface area contributed by atoms with Gasteiger partial charge in [0.25, 0.3) is 0 Å². The molecule has 0 saturated carbocycles. The minimum absolute atomic E-state index is 0.0671. The zero-order chi connectivity index (χ0) is 9.56. The minimum Gasteiger partial charge on any atom is -0.395 e. The summed E-state index contributed by atoms with van der Waals surface area (Å²) in [6, 6.07) is -0.280. The minimum atomic E-state index is -0.336. The number of amides is 1. The highest BCUT2D eigenvalue weighted by molar-refractivity contribution is 5.79.